The molecule has 0 aliphatic carbocycles. The van der Waals surface area contributed by atoms with Crippen LogP contribution >= 0.6 is 0 Å². The maximum atomic E-state index is 12.5. The average molecular weight is 236 g/mol. The van der Waals surface area contributed by atoms with Crippen LogP contribution in [0, 0.1) is 6.07 Å². The number of rotatable bonds is 2. The number of hydrogen-bond acceptors (Lipinski definition) is 1. The van der Waals surface area contributed by atoms with Crippen molar-refractivity contribution in [2.75, 3.05) is 5.32 Å². The molecule has 87 valence electrons. The summed E-state index contributed by atoms with van der Waals surface area (Å²) >= 11 is 0. The Kier molecular flexibility index (Phi) is 3.04. The number of alkyl halides is 3. The summed E-state index contributed by atoms with van der Waals surface area (Å²) in [4.78, 5) is 0. The fourth-order valence-electron chi connectivity index (χ4n) is 1.41. The van der Waals surface area contributed by atoms with E-state index >= 15 is 0 Å². The van der Waals surface area contributed by atoms with Crippen LogP contribution in [0.1, 0.15) is 5.56 Å². The van der Waals surface area contributed by atoms with Gasteiger partial charge in [0.15, 0.2) is 0 Å². The lowest BCUT2D eigenvalue weighted by Gasteiger charge is -2.10. The molecule has 0 heterocycles. The van der Waals surface area contributed by atoms with Crippen molar-refractivity contribution in [2.24, 2.45) is 0 Å². The minimum Gasteiger partial charge on any atom is -0.356 e. The van der Waals surface area contributed by atoms with Crippen LogP contribution < -0.4 is 5.32 Å². The Bertz CT molecular complexity index is 492. The third-order valence-corrected chi connectivity index (χ3v) is 2.20. The second kappa shape index (κ2) is 4.49. The summed E-state index contributed by atoms with van der Waals surface area (Å²) in [5.74, 6) is 0. The van der Waals surface area contributed by atoms with E-state index in [1.165, 1.54) is 6.07 Å². The van der Waals surface area contributed by atoms with Crippen LogP contribution in [0.3, 0.4) is 0 Å². The maximum absolute atomic E-state index is 12.5. The molecule has 0 fully saturated rings. The standard InChI is InChI=1S/C13H9F3N/c14-13(15,16)10-5-4-8-12(9-10)17-11-6-2-1-3-7-11/h2-9,17H. The molecule has 4 heteroatoms. The minimum atomic E-state index is -4.32. The van der Waals surface area contributed by atoms with Gasteiger partial charge >= 0.3 is 6.18 Å². The second-order valence-corrected chi connectivity index (χ2v) is 3.49. The van der Waals surface area contributed by atoms with Gasteiger partial charge in [0.1, 0.15) is 0 Å². The zero-order chi connectivity index (χ0) is 12.3. The first-order valence-electron chi connectivity index (χ1n) is 4.96. The first-order valence-corrected chi connectivity index (χ1v) is 4.96. The summed E-state index contributed by atoms with van der Waals surface area (Å²) in [7, 11) is 0. The maximum Gasteiger partial charge on any atom is 0.416 e. The molecule has 0 saturated carbocycles. The van der Waals surface area contributed by atoms with E-state index in [0.29, 0.717) is 5.69 Å². The smallest absolute Gasteiger partial charge is 0.356 e. The normalized spacial score (nSPS) is 11.2. The largest absolute Gasteiger partial charge is 0.416 e. The fourth-order valence-corrected chi connectivity index (χ4v) is 1.41. The number of anilines is 2. The number of hydrogen-bond donors (Lipinski definition) is 1. The fraction of sp³-hybridized carbons (Fsp3) is 0.0769. The molecule has 2 rings (SSSR count). The highest BCUT2D eigenvalue weighted by molar-refractivity contribution is 5.60. The molecule has 0 saturated heterocycles. The van der Waals surface area contributed by atoms with Gasteiger partial charge in [0.25, 0.3) is 0 Å². The van der Waals surface area contributed by atoms with Crippen molar-refractivity contribution in [1.29, 1.82) is 0 Å². The van der Waals surface area contributed by atoms with Crippen molar-refractivity contribution < 1.29 is 13.2 Å². The molecule has 2 aromatic carbocycles. The Balaban J connectivity index is 2.23. The Labute approximate surface area is 96.9 Å². The zero-order valence-corrected chi connectivity index (χ0v) is 8.75. The van der Waals surface area contributed by atoms with Gasteiger partial charge in [-0.3, -0.25) is 0 Å². The highest BCUT2D eigenvalue weighted by Crippen LogP contribution is 2.31. The monoisotopic (exact) mass is 236 g/mol. The van der Waals surface area contributed by atoms with Crippen molar-refractivity contribution >= 4 is 11.4 Å². The van der Waals surface area contributed by atoms with Gasteiger partial charge in [-0.2, -0.15) is 13.2 Å². The summed E-state index contributed by atoms with van der Waals surface area (Å²) in [5.41, 5.74) is 0.471. The van der Waals surface area contributed by atoms with Crippen molar-refractivity contribution in [3.05, 3.63) is 60.2 Å². The molecule has 0 aliphatic heterocycles. The third-order valence-electron chi connectivity index (χ3n) is 2.20. The lowest BCUT2D eigenvalue weighted by Crippen LogP contribution is -2.05. The lowest BCUT2D eigenvalue weighted by molar-refractivity contribution is -0.137. The van der Waals surface area contributed by atoms with E-state index in [4.69, 9.17) is 0 Å². The molecule has 0 aromatic heterocycles. The molecule has 0 amide bonds. The summed E-state index contributed by atoms with van der Waals surface area (Å²) in [5, 5.41) is 2.90. The van der Waals surface area contributed by atoms with Crippen LogP contribution in [-0.2, 0) is 6.18 Å². The van der Waals surface area contributed by atoms with Crippen molar-refractivity contribution in [3.8, 4) is 0 Å². The Morgan fingerprint density at radius 1 is 0.941 bits per heavy atom. The number of nitrogens with one attached hydrogen (secondary N) is 1. The van der Waals surface area contributed by atoms with Crippen LogP contribution in [0.15, 0.2) is 48.5 Å². The molecule has 1 radical (unpaired) electrons. The summed E-state index contributed by atoms with van der Waals surface area (Å²) in [6.45, 7) is 0. The Hall–Kier alpha value is -1.97. The van der Waals surface area contributed by atoms with E-state index in [-0.39, 0.29) is 0 Å². The Morgan fingerprint density at radius 2 is 1.65 bits per heavy atom. The minimum absolute atomic E-state index is 0.408. The van der Waals surface area contributed by atoms with Crippen molar-refractivity contribution in [1.82, 2.24) is 0 Å². The predicted molar refractivity (Wildman–Crippen MR) is 60.0 cm³/mol. The molecule has 2 aromatic rings. The van der Waals surface area contributed by atoms with Gasteiger partial charge < -0.3 is 5.32 Å². The molecule has 17 heavy (non-hydrogen) atoms. The van der Waals surface area contributed by atoms with Crippen LogP contribution in [-0.4, -0.2) is 0 Å². The van der Waals surface area contributed by atoms with E-state index in [1.807, 2.05) is 0 Å². The summed E-state index contributed by atoms with van der Waals surface area (Å²) in [6.07, 6.45) is -4.32. The summed E-state index contributed by atoms with van der Waals surface area (Å²) < 4.78 is 37.4. The first-order chi connectivity index (χ1) is 8.05. The molecule has 0 unspecified atom stereocenters. The van der Waals surface area contributed by atoms with Gasteiger partial charge in [0.2, 0.25) is 0 Å². The van der Waals surface area contributed by atoms with E-state index in [1.54, 1.807) is 30.3 Å². The van der Waals surface area contributed by atoms with E-state index in [2.05, 4.69) is 11.4 Å². The van der Waals surface area contributed by atoms with Crippen LogP contribution in [0.4, 0.5) is 24.5 Å². The third kappa shape index (κ3) is 3.00. The van der Waals surface area contributed by atoms with E-state index in [0.717, 1.165) is 17.8 Å². The zero-order valence-electron chi connectivity index (χ0n) is 8.75. The second-order valence-electron chi connectivity index (χ2n) is 3.49. The van der Waals surface area contributed by atoms with Gasteiger partial charge in [-0.15, -0.1) is 0 Å². The van der Waals surface area contributed by atoms with Crippen molar-refractivity contribution in [3.63, 3.8) is 0 Å². The Morgan fingerprint density at radius 3 is 2.29 bits per heavy atom. The molecule has 1 nitrogen and oxygen atoms in total. The van der Waals surface area contributed by atoms with Crippen molar-refractivity contribution in [2.45, 2.75) is 6.18 Å². The number of benzene rings is 2. The SMILES string of the molecule is FC(F)(F)c1cccc(Nc2cc[c]cc2)c1. The van der Waals surface area contributed by atoms with Gasteiger partial charge in [-0.05, 0) is 36.4 Å². The molecular weight excluding hydrogens is 227 g/mol. The molecule has 0 bridgehead atoms. The highest BCUT2D eigenvalue weighted by atomic mass is 19.4. The lowest BCUT2D eigenvalue weighted by atomic mass is 10.2. The topological polar surface area (TPSA) is 12.0 Å². The van der Waals surface area contributed by atoms with Crippen LogP contribution in [0.2, 0.25) is 0 Å². The van der Waals surface area contributed by atoms with Gasteiger partial charge in [0.05, 0.1) is 5.56 Å². The van der Waals surface area contributed by atoms with E-state index < -0.39 is 11.7 Å². The summed E-state index contributed by atoms with van der Waals surface area (Å²) in [6, 6.07) is 14.8. The van der Waals surface area contributed by atoms with Gasteiger partial charge in [0, 0.05) is 11.4 Å². The molecule has 1 N–H and O–H groups in total. The quantitative estimate of drug-likeness (QED) is 0.821. The van der Waals surface area contributed by atoms with Crippen LogP contribution in [0.25, 0.3) is 0 Å². The average Bonchev–Trinajstić information content (AvgIpc) is 2.29. The van der Waals surface area contributed by atoms with Gasteiger partial charge in [-0.1, -0.05) is 18.2 Å². The van der Waals surface area contributed by atoms with Crippen LogP contribution in [0.5, 0.6) is 0 Å². The van der Waals surface area contributed by atoms with Gasteiger partial charge in [-0.25, -0.2) is 0 Å². The number of halogens is 3. The molecule has 0 spiro atoms. The first kappa shape index (κ1) is 11.5. The highest BCUT2D eigenvalue weighted by Gasteiger charge is 2.30. The molecule has 0 atom stereocenters. The molecular formula is C13H9F3N. The van der Waals surface area contributed by atoms with E-state index in [9.17, 15) is 13.2 Å². The predicted octanol–water partition coefficient (Wildman–Crippen LogP) is 4.25. The molecule has 0 aliphatic rings.